The van der Waals surface area contributed by atoms with Crippen molar-refractivity contribution in [1.82, 2.24) is 20.1 Å². The SMILES string of the molecule is Nc1ncc(-c2cnn(C3CCNCC3)c2)cc1OCc1ccccc1. The van der Waals surface area contributed by atoms with Gasteiger partial charge in [0.2, 0.25) is 0 Å². The number of nitrogen functional groups attached to an aromatic ring is 1. The van der Waals surface area contributed by atoms with Crippen LogP contribution in [0.4, 0.5) is 5.82 Å². The van der Waals surface area contributed by atoms with Crippen molar-refractivity contribution in [2.75, 3.05) is 18.8 Å². The molecule has 1 saturated heterocycles. The third kappa shape index (κ3) is 3.70. The minimum atomic E-state index is 0.399. The zero-order valence-electron chi connectivity index (χ0n) is 14.6. The molecule has 2 aromatic heterocycles. The number of aromatic nitrogens is 3. The number of ether oxygens (including phenoxy) is 1. The molecule has 3 aromatic rings. The van der Waals surface area contributed by atoms with Gasteiger partial charge < -0.3 is 15.8 Å². The number of piperidine rings is 1. The van der Waals surface area contributed by atoms with Crippen molar-refractivity contribution in [2.45, 2.75) is 25.5 Å². The van der Waals surface area contributed by atoms with E-state index in [0.29, 0.717) is 24.2 Å². The standard InChI is InChI=1S/C20H23N5O/c21-20-19(26-14-15-4-2-1-3-5-15)10-16(11-23-20)17-12-24-25(13-17)18-6-8-22-9-7-18/h1-5,10-13,18,22H,6-9,14H2,(H2,21,23). The summed E-state index contributed by atoms with van der Waals surface area (Å²) in [4.78, 5) is 4.30. The molecule has 4 rings (SSSR count). The predicted molar refractivity (Wildman–Crippen MR) is 102 cm³/mol. The lowest BCUT2D eigenvalue weighted by atomic mass is 10.1. The number of pyridine rings is 1. The van der Waals surface area contributed by atoms with Crippen LogP contribution in [0.2, 0.25) is 0 Å². The quantitative estimate of drug-likeness (QED) is 0.740. The topological polar surface area (TPSA) is 78.0 Å². The summed E-state index contributed by atoms with van der Waals surface area (Å²) >= 11 is 0. The fraction of sp³-hybridized carbons (Fsp3) is 0.300. The Labute approximate surface area is 153 Å². The molecule has 0 atom stereocenters. The van der Waals surface area contributed by atoms with Crippen molar-refractivity contribution in [1.29, 1.82) is 0 Å². The van der Waals surface area contributed by atoms with Crippen LogP contribution in [0.25, 0.3) is 11.1 Å². The second-order valence-corrected chi connectivity index (χ2v) is 6.57. The second-order valence-electron chi connectivity index (χ2n) is 6.57. The number of hydrogen-bond donors (Lipinski definition) is 2. The number of benzene rings is 1. The highest BCUT2D eigenvalue weighted by Crippen LogP contribution is 2.28. The number of nitrogens with zero attached hydrogens (tertiary/aromatic N) is 3. The summed E-state index contributed by atoms with van der Waals surface area (Å²) in [6.07, 6.45) is 7.95. The van der Waals surface area contributed by atoms with Crippen molar-refractivity contribution in [3.05, 3.63) is 60.6 Å². The maximum atomic E-state index is 5.99. The third-order valence-electron chi connectivity index (χ3n) is 4.74. The van der Waals surface area contributed by atoms with Gasteiger partial charge in [-0.05, 0) is 37.6 Å². The first kappa shape index (κ1) is 16.6. The Bertz CT molecular complexity index is 856. The lowest BCUT2D eigenvalue weighted by molar-refractivity contribution is 0.307. The molecule has 6 heteroatoms. The van der Waals surface area contributed by atoms with Crippen LogP contribution in [0.5, 0.6) is 5.75 Å². The van der Waals surface area contributed by atoms with Crippen LogP contribution in [0, 0.1) is 0 Å². The Hall–Kier alpha value is -2.86. The maximum absolute atomic E-state index is 5.99. The van der Waals surface area contributed by atoms with Gasteiger partial charge in [-0.15, -0.1) is 0 Å². The Balaban J connectivity index is 1.51. The van der Waals surface area contributed by atoms with Gasteiger partial charge in [-0.25, -0.2) is 4.98 Å². The van der Waals surface area contributed by atoms with E-state index in [9.17, 15) is 0 Å². The van der Waals surface area contributed by atoms with Crippen LogP contribution in [-0.4, -0.2) is 27.9 Å². The van der Waals surface area contributed by atoms with E-state index in [-0.39, 0.29) is 0 Å². The minimum absolute atomic E-state index is 0.399. The zero-order valence-corrected chi connectivity index (χ0v) is 14.6. The van der Waals surface area contributed by atoms with Gasteiger partial charge in [0.15, 0.2) is 11.6 Å². The summed E-state index contributed by atoms with van der Waals surface area (Å²) in [5, 5.41) is 7.93. The number of rotatable bonds is 5. The summed E-state index contributed by atoms with van der Waals surface area (Å²) in [6, 6.07) is 12.4. The van der Waals surface area contributed by atoms with Crippen molar-refractivity contribution >= 4 is 5.82 Å². The van der Waals surface area contributed by atoms with E-state index in [4.69, 9.17) is 10.5 Å². The molecule has 0 radical (unpaired) electrons. The molecule has 0 unspecified atom stereocenters. The average molecular weight is 349 g/mol. The van der Waals surface area contributed by atoms with E-state index in [2.05, 4.69) is 26.3 Å². The highest BCUT2D eigenvalue weighted by atomic mass is 16.5. The van der Waals surface area contributed by atoms with Crippen LogP contribution in [0.3, 0.4) is 0 Å². The van der Waals surface area contributed by atoms with Gasteiger partial charge in [-0.2, -0.15) is 5.10 Å². The van der Waals surface area contributed by atoms with Gasteiger partial charge in [0.05, 0.1) is 12.2 Å². The van der Waals surface area contributed by atoms with E-state index in [0.717, 1.165) is 42.6 Å². The minimum Gasteiger partial charge on any atom is -0.485 e. The van der Waals surface area contributed by atoms with Crippen molar-refractivity contribution in [3.63, 3.8) is 0 Å². The normalized spacial score (nSPS) is 15.1. The lowest BCUT2D eigenvalue weighted by Gasteiger charge is -2.22. The largest absolute Gasteiger partial charge is 0.485 e. The van der Waals surface area contributed by atoms with Gasteiger partial charge >= 0.3 is 0 Å². The van der Waals surface area contributed by atoms with Gasteiger partial charge in [0, 0.05) is 23.5 Å². The number of hydrogen-bond acceptors (Lipinski definition) is 5. The summed E-state index contributed by atoms with van der Waals surface area (Å²) in [6.45, 7) is 2.55. The van der Waals surface area contributed by atoms with Gasteiger partial charge in [-0.1, -0.05) is 30.3 Å². The summed E-state index contributed by atoms with van der Waals surface area (Å²) < 4.78 is 7.95. The predicted octanol–water partition coefficient (Wildman–Crippen LogP) is 3.03. The molecule has 1 aliphatic rings. The molecular weight excluding hydrogens is 326 g/mol. The molecular formula is C20H23N5O. The van der Waals surface area contributed by atoms with Gasteiger partial charge in [-0.3, -0.25) is 4.68 Å². The van der Waals surface area contributed by atoms with E-state index >= 15 is 0 Å². The first-order valence-electron chi connectivity index (χ1n) is 8.97. The zero-order chi connectivity index (χ0) is 17.8. The van der Waals surface area contributed by atoms with Crippen LogP contribution in [0.15, 0.2) is 55.0 Å². The molecule has 0 saturated carbocycles. The fourth-order valence-corrected chi connectivity index (χ4v) is 3.22. The molecule has 0 bridgehead atoms. The molecule has 0 spiro atoms. The molecule has 3 heterocycles. The van der Waals surface area contributed by atoms with Gasteiger partial charge in [0.1, 0.15) is 6.61 Å². The highest BCUT2D eigenvalue weighted by molar-refractivity contribution is 5.65. The monoisotopic (exact) mass is 349 g/mol. The van der Waals surface area contributed by atoms with E-state index in [1.807, 2.05) is 42.6 Å². The molecule has 1 fully saturated rings. The molecule has 134 valence electrons. The van der Waals surface area contributed by atoms with Crippen LogP contribution in [0.1, 0.15) is 24.4 Å². The Kier molecular flexibility index (Phi) is 4.84. The van der Waals surface area contributed by atoms with Crippen molar-refractivity contribution in [2.24, 2.45) is 0 Å². The van der Waals surface area contributed by atoms with Gasteiger partial charge in [0.25, 0.3) is 0 Å². The lowest BCUT2D eigenvalue weighted by Crippen LogP contribution is -2.29. The van der Waals surface area contributed by atoms with Crippen LogP contribution in [-0.2, 0) is 6.61 Å². The molecule has 26 heavy (non-hydrogen) atoms. The highest BCUT2D eigenvalue weighted by Gasteiger charge is 2.16. The molecule has 3 N–H and O–H groups in total. The molecule has 6 nitrogen and oxygen atoms in total. The van der Waals surface area contributed by atoms with Crippen molar-refractivity contribution in [3.8, 4) is 16.9 Å². The summed E-state index contributed by atoms with van der Waals surface area (Å²) in [5.74, 6) is 0.997. The van der Waals surface area contributed by atoms with Crippen molar-refractivity contribution < 1.29 is 4.74 Å². The van der Waals surface area contributed by atoms with E-state index in [1.54, 1.807) is 6.20 Å². The maximum Gasteiger partial charge on any atom is 0.166 e. The number of nitrogens with one attached hydrogen (secondary N) is 1. The Morgan fingerprint density at radius 1 is 1.12 bits per heavy atom. The first-order chi connectivity index (χ1) is 12.8. The van der Waals surface area contributed by atoms with E-state index in [1.165, 1.54) is 0 Å². The second kappa shape index (κ2) is 7.58. The molecule has 1 aliphatic heterocycles. The number of anilines is 1. The third-order valence-corrected chi connectivity index (χ3v) is 4.74. The Morgan fingerprint density at radius 3 is 2.73 bits per heavy atom. The van der Waals surface area contributed by atoms with E-state index < -0.39 is 0 Å². The molecule has 1 aromatic carbocycles. The summed E-state index contributed by atoms with van der Waals surface area (Å²) in [5.41, 5.74) is 9.07. The Morgan fingerprint density at radius 2 is 1.92 bits per heavy atom. The van der Waals surface area contributed by atoms with Crippen LogP contribution >= 0.6 is 0 Å². The number of nitrogens with two attached hydrogens (primary N) is 1. The fourth-order valence-electron chi connectivity index (χ4n) is 3.22. The smallest absolute Gasteiger partial charge is 0.166 e. The first-order valence-corrected chi connectivity index (χ1v) is 8.97. The average Bonchev–Trinajstić information content (AvgIpc) is 3.19. The summed E-state index contributed by atoms with van der Waals surface area (Å²) in [7, 11) is 0. The molecule has 0 amide bonds. The molecule has 0 aliphatic carbocycles. The van der Waals surface area contributed by atoms with Crippen LogP contribution < -0.4 is 15.8 Å².